The van der Waals surface area contributed by atoms with E-state index in [0.29, 0.717) is 23.9 Å². The van der Waals surface area contributed by atoms with Gasteiger partial charge in [-0.05, 0) is 32.4 Å². The maximum atomic E-state index is 12.2. The van der Waals surface area contributed by atoms with Gasteiger partial charge < -0.3 is 10.1 Å². The van der Waals surface area contributed by atoms with Crippen molar-refractivity contribution in [2.24, 2.45) is 0 Å². The highest BCUT2D eigenvalue weighted by Crippen LogP contribution is 2.14. The van der Waals surface area contributed by atoms with Crippen LogP contribution in [0.15, 0.2) is 30.6 Å². The summed E-state index contributed by atoms with van der Waals surface area (Å²) in [6, 6.07) is 6.01. The van der Waals surface area contributed by atoms with Crippen molar-refractivity contribution in [2.45, 2.75) is 20.8 Å². The summed E-state index contributed by atoms with van der Waals surface area (Å²) >= 11 is 0. The van der Waals surface area contributed by atoms with Gasteiger partial charge in [-0.2, -0.15) is 0 Å². The maximum absolute atomic E-state index is 12.2. The lowest BCUT2D eigenvalue weighted by molar-refractivity contribution is 0.102. The zero-order chi connectivity index (χ0) is 14.5. The second kappa shape index (κ2) is 6.14. The van der Waals surface area contributed by atoms with Gasteiger partial charge >= 0.3 is 6.01 Å². The topological polar surface area (TPSA) is 64.1 Å². The maximum Gasteiger partial charge on any atom is 0.316 e. The largest absolute Gasteiger partial charge is 0.464 e. The van der Waals surface area contributed by atoms with Crippen LogP contribution < -0.4 is 10.1 Å². The normalized spacial score (nSPS) is 10.2. The molecule has 1 heterocycles. The summed E-state index contributed by atoms with van der Waals surface area (Å²) in [5.74, 6) is -0.171. The molecule has 0 aliphatic rings. The van der Waals surface area contributed by atoms with Gasteiger partial charge in [0.2, 0.25) is 0 Å². The molecular weight excluding hydrogens is 254 g/mol. The Morgan fingerprint density at radius 3 is 2.55 bits per heavy atom. The second-order valence-electron chi connectivity index (χ2n) is 4.46. The number of nitrogens with one attached hydrogen (secondary N) is 1. The van der Waals surface area contributed by atoms with E-state index >= 15 is 0 Å². The van der Waals surface area contributed by atoms with E-state index in [4.69, 9.17) is 4.74 Å². The van der Waals surface area contributed by atoms with Crippen LogP contribution in [0.2, 0.25) is 0 Å². The highest BCUT2D eigenvalue weighted by molar-refractivity contribution is 6.05. The molecule has 104 valence electrons. The summed E-state index contributed by atoms with van der Waals surface area (Å²) in [7, 11) is 0. The molecule has 5 heteroatoms. The highest BCUT2D eigenvalue weighted by atomic mass is 16.5. The van der Waals surface area contributed by atoms with E-state index in [1.54, 1.807) is 0 Å². The number of carbonyl (C=O) groups is 1. The molecule has 0 bridgehead atoms. The molecule has 1 amide bonds. The third kappa shape index (κ3) is 3.32. The Bertz CT molecular complexity index is 609. The van der Waals surface area contributed by atoms with E-state index in [1.165, 1.54) is 12.4 Å². The molecule has 0 saturated heterocycles. The van der Waals surface area contributed by atoms with Crippen LogP contribution in [0.5, 0.6) is 6.01 Å². The summed E-state index contributed by atoms with van der Waals surface area (Å²) in [5, 5.41) is 2.77. The van der Waals surface area contributed by atoms with Gasteiger partial charge in [0, 0.05) is 5.56 Å². The van der Waals surface area contributed by atoms with Crippen molar-refractivity contribution in [3.63, 3.8) is 0 Å². The number of ether oxygens (including phenoxy) is 1. The minimum absolute atomic E-state index is 0.171. The van der Waals surface area contributed by atoms with Gasteiger partial charge in [-0.1, -0.05) is 17.7 Å². The smallest absolute Gasteiger partial charge is 0.316 e. The van der Waals surface area contributed by atoms with Crippen LogP contribution >= 0.6 is 0 Å². The van der Waals surface area contributed by atoms with Gasteiger partial charge in [0.05, 0.1) is 24.7 Å². The molecule has 0 unspecified atom stereocenters. The molecule has 1 aromatic heterocycles. The summed E-state index contributed by atoms with van der Waals surface area (Å²) in [5.41, 5.74) is 3.25. The third-order valence-electron chi connectivity index (χ3n) is 2.79. The van der Waals surface area contributed by atoms with Gasteiger partial charge in [0.1, 0.15) is 0 Å². The molecule has 1 N–H and O–H groups in total. The van der Waals surface area contributed by atoms with Crippen molar-refractivity contribution in [1.82, 2.24) is 9.97 Å². The minimum atomic E-state index is -0.171. The van der Waals surface area contributed by atoms with Crippen LogP contribution in [-0.2, 0) is 0 Å². The third-order valence-corrected chi connectivity index (χ3v) is 2.79. The average Bonchev–Trinajstić information content (AvgIpc) is 2.41. The Morgan fingerprint density at radius 1 is 1.25 bits per heavy atom. The van der Waals surface area contributed by atoms with Crippen LogP contribution in [0.4, 0.5) is 5.69 Å². The standard InChI is InChI=1S/C15H17N3O2/c1-4-20-15-16-8-12(9-17-15)18-14(19)13-6-5-10(2)7-11(13)3/h5-9H,4H2,1-3H3,(H,18,19). The number of anilines is 1. The van der Waals surface area contributed by atoms with E-state index in [-0.39, 0.29) is 5.91 Å². The van der Waals surface area contributed by atoms with Gasteiger partial charge in [-0.25, -0.2) is 9.97 Å². The predicted octanol–water partition coefficient (Wildman–Crippen LogP) is 2.74. The zero-order valence-corrected chi connectivity index (χ0v) is 11.8. The summed E-state index contributed by atoms with van der Waals surface area (Å²) in [4.78, 5) is 20.2. The molecule has 0 atom stereocenters. The van der Waals surface area contributed by atoms with Gasteiger partial charge in [-0.3, -0.25) is 4.79 Å². The van der Waals surface area contributed by atoms with Crippen LogP contribution in [0.1, 0.15) is 28.4 Å². The van der Waals surface area contributed by atoms with Crippen molar-refractivity contribution in [3.05, 3.63) is 47.3 Å². The molecule has 0 aliphatic carbocycles. The molecule has 2 aromatic rings. The number of nitrogens with zero attached hydrogens (tertiary/aromatic N) is 2. The number of amides is 1. The number of hydrogen-bond donors (Lipinski definition) is 1. The number of hydrogen-bond acceptors (Lipinski definition) is 4. The quantitative estimate of drug-likeness (QED) is 0.928. The number of rotatable bonds is 4. The minimum Gasteiger partial charge on any atom is -0.464 e. The molecule has 0 fully saturated rings. The van der Waals surface area contributed by atoms with Crippen LogP contribution in [0.25, 0.3) is 0 Å². The molecule has 0 spiro atoms. The fraction of sp³-hybridized carbons (Fsp3) is 0.267. The van der Waals surface area contributed by atoms with E-state index in [1.807, 2.05) is 39.0 Å². The first-order chi connectivity index (χ1) is 9.60. The lowest BCUT2D eigenvalue weighted by Gasteiger charge is -2.08. The van der Waals surface area contributed by atoms with Crippen molar-refractivity contribution in [1.29, 1.82) is 0 Å². The lowest BCUT2D eigenvalue weighted by Crippen LogP contribution is -2.14. The highest BCUT2D eigenvalue weighted by Gasteiger charge is 2.09. The van der Waals surface area contributed by atoms with Gasteiger partial charge in [0.15, 0.2) is 0 Å². The Balaban J connectivity index is 2.11. The Hall–Kier alpha value is -2.43. The fourth-order valence-corrected chi connectivity index (χ4v) is 1.85. The monoisotopic (exact) mass is 271 g/mol. The van der Waals surface area contributed by atoms with Gasteiger partial charge in [0.25, 0.3) is 5.91 Å². The molecule has 0 aliphatic heterocycles. The van der Waals surface area contributed by atoms with E-state index < -0.39 is 0 Å². The molecule has 1 aromatic carbocycles. The van der Waals surface area contributed by atoms with E-state index in [2.05, 4.69) is 15.3 Å². The number of aromatic nitrogens is 2. The Kier molecular flexibility index (Phi) is 4.30. The van der Waals surface area contributed by atoms with E-state index in [9.17, 15) is 4.79 Å². The first-order valence-corrected chi connectivity index (χ1v) is 6.43. The molecule has 20 heavy (non-hydrogen) atoms. The molecule has 0 radical (unpaired) electrons. The first-order valence-electron chi connectivity index (χ1n) is 6.43. The first kappa shape index (κ1) is 14.0. The summed E-state index contributed by atoms with van der Waals surface area (Å²) < 4.78 is 5.15. The van der Waals surface area contributed by atoms with Crippen LogP contribution in [0, 0.1) is 13.8 Å². The van der Waals surface area contributed by atoms with Crippen LogP contribution in [0.3, 0.4) is 0 Å². The van der Waals surface area contributed by atoms with Crippen molar-refractivity contribution in [2.75, 3.05) is 11.9 Å². The summed E-state index contributed by atoms with van der Waals surface area (Å²) in [6.07, 6.45) is 3.05. The number of carbonyl (C=O) groups excluding carboxylic acids is 1. The number of aryl methyl sites for hydroxylation is 2. The predicted molar refractivity (Wildman–Crippen MR) is 77.1 cm³/mol. The molecule has 2 rings (SSSR count). The average molecular weight is 271 g/mol. The lowest BCUT2D eigenvalue weighted by atomic mass is 10.1. The molecule has 0 saturated carbocycles. The Morgan fingerprint density at radius 2 is 1.95 bits per heavy atom. The summed E-state index contributed by atoms with van der Waals surface area (Å²) in [6.45, 7) is 6.28. The second-order valence-corrected chi connectivity index (χ2v) is 4.46. The van der Waals surface area contributed by atoms with Crippen molar-refractivity contribution < 1.29 is 9.53 Å². The number of benzene rings is 1. The van der Waals surface area contributed by atoms with Gasteiger partial charge in [-0.15, -0.1) is 0 Å². The van der Waals surface area contributed by atoms with Crippen LogP contribution in [-0.4, -0.2) is 22.5 Å². The SMILES string of the molecule is CCOc1ncc(NC(=O)c2ccc(C)cc2C)cn1. The van der Waals surface area contributed by atoms with Crippen molar-refractivity contribution in [3.8, 4) is 6.01 Å². The molecular formula is C15H17N3O2. The zero-order valence-electron chi connectivity index (χ0n) is 11.8. The fourth-order valence-electron chi connectivity index (χ4n) is 1.85. The van der Waals surface area contributed by atoms with E-state index in [0.717, 1.165) is 11.1 Å². The van der Waals surface area contributed by atoms with Crippen molar-refractivity contribution >= 4 is 11.6 Å². The Labute approximate surface area is 118 Å². The molecule has 5 nitrogen and oxygen atoms in total.